The molecule has 0 amide bonds. The van der Waals surface area contributed by atoms with Gasteiger partial charge in [0.25, 0.3) is 10.0 Å². The number of sulfonamides is 1. The fourth-order valence-corrected chi connectivity index (χ4v) is 4.81. The maximum absolute atomic E-state index is 12.4. The molecule has 1 unspecified atom stereocenters. The number of nitrogens with zero attached hydrogens (tertiary/aromatic N) is 2. The molecule has 0 aromatic carbocycles. The summed E-state index contributed by atoms with van der Waals surface area (Å²) in [4.78, 5) is 3.97. The fraction of sp³-hybridized carbons (Fsp3) is 0.727. The Balaban J connectivity index is 2.12. The van der Waals surface area contributed by atoms with Gasteiger partial charge >= 0.3 is 0 Å². The maximum atomic E-state index is 12.4. The first-order valence-electron chi connectivity index (χ1n) is 6.22. The van der Waals surface area contributed by atoms with Gasteiger partial charge in [0.2, 0.25) is 0 Å². The highest BCUT2D eigenvalue weighted by Gasteiger charge is 2.28. The molecule has 1 saturated heterocycles. The summed E-state index contributed by atoms with van der Waals surface area (Å²) in [6.07, 6.45) is 3.03. The highest BCUT2D eigenvalue weighted by atomic mass is 32.2. The SMILES string of the molecule is Cc1nc(N)sc1S(=O)(=O)N(C)CC1CCCCO1. The van der Waals surface area contributed by atoms with Gasteiger partial charge in [0.15, 0.2) is 9.34 Å². The molecule has 0 aliphatic carbocycles. The van der Waals surface area contributed by atoms with E-state index in [9.17, 15) is 8.42 Å². The van der Waals surface area contributed by atoms with Crippen molar-refractivity contribution in [1.29, 1.82) is 0 Å². The van der Waals surface area contributed by atoms with Gasteiger partial charge in [-0.25, -0.2) is 13.4 Å². The van der Waals surface area contributed by atoms with Crippen molar-refractivity contribution >= 4 is 26.5 Å². The van der Waals surface area contributed by atoms with E-state index in [1.165, 1.54) is 4.31 Å². The van der Waals surface area contributed by atoms with Gasteiger partial charge in [0, 0.05) is 20.2 Å². The van der Waals surface area contributed by atoms with Crippen molar-refractivity contribution in [3.63, 3.8) is 0 Å². The van der Waals surface area contributed by atoms with Crippen LogP contribution in [0, 0.1) is 6.92 Å². The third kappa shape index (κ3) is 3.25. The highest BCUT2D eigenvalue weighted by molar-refractivity contribution is 7.91. The number of ether oxygens (including phenoxy) is 1. The molecule has 1 fully saturated rings. The summed E-state index contributed by atoms with van der Waals surface area (Å²) in [5.74, 6) is 0. The Morgan fingerprint density at radius 2 is 2.26 bits per heavy atom. The number of rotatable bonds is 4. The largest absolute Gasteiger partial charge is 0.377 e. The highest BCUT2D eigenvalue weighted by Crippen LogP contribution is 2.28. The van der Waals surface area contributed by atoms with E-state index in [0.717, 1.165) is 30.6 Å². The first-order valence-corrected chi connectivity index (χ1v) is 8.48. The van der Waals surface area contributed by atoms with E-state index in [2.05, 4.69) is 4.98 Å². The number of likely N-dealkylation sites (N-methyl/N-ethyl adjacent to an activating group) is 1. The molecule has 0 spiro atoms. The van der Waals surface area contributed by atoms with Gasteiger partial charge in [-0.15, -0.1) is 0 Å². The van der Waals surface area contributed by atoms with Crippen LogP contribution in [0.4, 0.5) is 5.13 Å². The van der Waals surface area contributed by atoms with Crippen molar-refractivity contribution in [2.75, 3.05) is 25.9 Å². The van der Waals surface area contributed by atoms with E-state index in [4.69, 9.17) is 10.5 Å². The summed E-state index contributed by atoms with van der Waals surface area (Å²) in [7, 11) is -1.95. The van der Waals surface area contributed by atoms with Crippen molar-refractivity contribution in [3.8, 4) is 0 Å². The van der Waals surface area contributed by atoms with Crippen LogP contribution in [0.2, 0.25) is 0 Å². The molecule has 1 aliphatic heterocycles. The third-order valence-electron chi connectivity index (χ3n) is 3.15. The number of thiazole rings is 1. The number of aromatic nitrogens is 1. The number of aryl methyl sites for hydroxylation is 1. The summed E-state index contributed by atoms with van der Waals surface area (Å²) in [6, 6.07) is 0. The molecule has 108 valence electrons. The molecule has 19 heavy (non-hydrogen) atoms. The van der Waals surface area contributed by atoms with Crippen LogP contribution in [0.15, 0.2) is 4.21 Å². The Kier molecular flexibility index (Phi) is 4.44. The summed E-state index contributed by atoms with van der Waals surface area (Å²) in [5, 5.41) is 0.276. The lowest BCUT2D eigenvalue weighted by Crippen LogP contribution is -2.37. The first kappa shape index (κ1) is 14.7. The summed E-state index contributed by atoms with van der Waals surface area (Å²) in [6.45, 7) is 2.75. The van der Waals surface area contributed by atoms with Crippen LogP contribution in [-0.4, -0.2) is 44.0 Å². The molecule has 0 saturated carbocycles. The van der Waals surface area contributed by atoms with E-state index < -0.39 is 10.0 Å². The van der Waals surface area contributed by atoms with Gasteiger partial charge in [0.1, 0.15) is 0 Å². The van der Waals surface area contributed by atoms with Crippen molar-refractivity contribution in [2.45, 2.75) is 36.5 Å². The Morgan fingerprint density at radius 1 is 1.53 bits per heavy atom. The van der Waals surface area contributed by atoms with Crippen LogP contribution >= 0.6 is 11.3 Å². The van der Waals surface area contributed by atoms with E-state index >= 15 is 0 Å². The zero-order valence-electron chi connectivity index (χ0n) is 11.1. The third-order valence-corrected chi connectivity index (χ3v) is 6.55. The molecule has 1 aromatic rings. The standard InChI is InChI=1S/C11H19N3O3S2/c1-8-10(18-11(12)13-8)19(15,16)14(2)7-9-5-3-4-6-17-9/h9H,3-7H2,1-2H3,(H2,12,13). The predicted octanol–water partition coefficient (Wildman–Crippen LogP) is 1.22. The Bertz CT molecular complexity index is 535. The molecular formula is C11H19N3O3S2. The quantitative estimate of drug-likeness (QED) is 0.904. The van der Waals surface area contributed by atoms with Crippen molar-refractivity contribution in [1.82, 2.24) is 9.29 Å². The second-order valence-corrected chi connectivity index (χ2v) is 7.97. The topological polar surface area (TPSA) is 85.5 Å². The van der Waals surface area contributed by atoms with Crippen LogP contribution in [0.3, 0.4) is 0 Å². The summed E-state index contributed by atoms with van der Waals surface area (Å²) < 4.78 is 32.0. The van der Waals surface area contributed by atoms with Crippen molar-refractivity contribution < 1.29 is 13.2 Å². The second kappa shape index (κ2) is 5.74. The van der Waals surface area contributed by atoms with E-state index in [1.54, 1.807) is 14.0 Å². The Morgan fingerprint density at radius 3 is 2.79 bits per heavy atom. The molecule has 6 nitrogen and oxygen atoms in total. The van der Waals surface area contributed by atoms with E-state index in [-0.39, 0.29) is 15.4 Å². The van der Waals surface area contributed by atoms with Gasteiger partial charge in [-0.3, -0.25) is 0 Å². The second-order valence-electron chi connectivity index (χ2n) is 4.70. The van der Waals surface area contributed by atoms with Crippen LogP contribution in [-0.2, 0) is 14.8 Å². The molecule has 1 aromatic heterocycles. The summed E-state index contributed by atoms with van der Waals surface area (Å²) in [5.41, 5.74) is 6.02. The molecule has 1 atom stereocenters. The van der Waals surface area contributed by atoms with Crippen LogP contribution in [0.1, 0.15) is 25.0 Å². The lowest BCUT2D eigenvalue weighted by atomic mass is 10.1. The first-order chi connectivity index (χ1) is 8.91. The van der Waals surface area contributed by atoms with E-state index in [1.807, 2.05) is 0 Å². The molecule has 2 N–H and O–H groups in total. The maximum Gasteiger partial charge on any atom is 0.254 e. The van der Waals surface area contributed by atoms with Crippen molar-refractivity contribution in [3.05, 3.63) is 5.69 Å². The number of hydrogen-bond donors (Lipinski definition) is 1. The van der Waals surface area contributed by atoms with Gasteiger partial charge < -0.3 is 10.5 Å². The van der Waals surface area contributed by atoms with Gasteiger partial charge in [-0.1, -0.05) is 11.3 Å². The monoisotopic (exact) mass is 305 g/mol. The minimum absolute atomic E-state index is 0.0147. The molecule has 1 aliphatic rings. The zero-order chi connectivity index (χ0) is 14.0. The van der Waals surface area contributed by atoms with Gasteiger partial charge in [0.05, 0.1) is 11.8 Å². The lowest BCUT2D eigenvalue weighted by Gasteiger charge is -2.26. The molecule has 2 rings (SSSR count). The smallest absolute Gasteiger partial charge is 0.254 e. The number of hydrogen-bond acceptors (Lipinski definition) is 6. The van der Waals surface area contributed by atoms with Gasteiger partial charge in [-0.05, 0) is 26.2 Å². The van der Waals surface area contributed by atoms with E-state index in [0.29, 0.717) is 18.8 Å². The predicted molar refractivity (Wildman–Crippen MR) is 74.7 cm³/mol. The normalized spacial score (nSPS) is 20.9. The van der Waals surface area contributed by atoms with Gasteiger partial charge in [-0.2, -0.15) is 4.31 Å². The average molecular weight is 305 g/mol. The molecule has 8 heteroatoms. The fourth-order valence-electron chi connectivity index (χ4n) is 2.12. The van der Waals surface area contributed by atoms with Crippen LogP contribution < -0.4 is 5.73 Å². The minimum atomic E-state index is -3.52. The van der Waals surface area contributed by atoms with Crippen LogP contribution in [0.5, 0.6) is 0 Å². The number of nitrogen functional groups attached to an aromatic ring is 1. The Hall–Kier alpha value is -0.700. The minimum Gasteiger partial charge on any atom is -0.377 e. The molecule has 0 radical (unpaired) electrons. The number of anilines is 1. The molecule has 2 heterocycles. The lowest BCUT2D eigenvalue weighted by molar-refractivity contribution is 0.00860. The molecule has 0 bridgehead atoms. The van der Waals surface area contributed by atoms with Crippen LogP contribution in [0.25, 0.3) is 0 Å². The van der Waals surface area contributed by atoms with Crippen molar-refractivity contribution in [2.24, 2.45) is 0 Å². The molecular weight excluding hydrogens is 286 g/mol. The zero-order valence-corrected chi connectivity index (χ0v) is 12.8. The summed E-state index contributed by atoms with van der Waals surface area (Å²) >= 11 is 1.01. The Labute approximate surface area is 117 Å². The number of nitrogens with two attached hydrogens (primary N) is 1. The average Bonchev–Trinajstić information content (AvgIpc) is 2.70.